The molecule has 0 fully saturated rings. The highest BCUT2D eigenvalue weighted by molar-refractivity contribution is 7.89. The Kier molecular flexibility index (Phi) is 9.99. The first kappa shape index (κ1) is 28.8. The quantitative estimate of drug-likeness (QED) is 0.344. The van der Waals surface area contributed by atoms with Crippen LogP contribution in [0.25, 0.3) is 0 Å². The van der Waals surface area contributed by atoms with Crippen LogP contribution in [0, 0.1) is 6.92 Å². The van der Waals surface area contributed by atoms with Gasteiger partial charge in [-0.2, -0.15) is 4.72 Å². The van der Waals surface area contributed by atoms with Crippen LogP contribution in [0.15, 0.2) is 38.8 Å². The molecule has 4 N–H and O–H groups in total. The highest BCUT2D eigenvalue weighted by Crippen LogP contribution is 2.18. The van der Waals surface area contributed by atoms with E-state index in [1.807, 2.05) is 20.8 Å². The molecule has 1 atom stereocenters. The normalized spacial score (nSPS) is 12.2. The van der Waals surface area contributed by atoms with Crippen LogP contribution in [-0.4, -0.2) is 49.0 Å². The van der Waals surface area contributed by atoms with E-state index in [1.165, 1.54) is 19.1 Å². The maximum Gasteiger partial charge on any atom is 0.330 e. The Morgan fingerprint density at radius 1 is 1.17 bits per heavy atom. The van der Waals surface area contributed by atoms with Crippen LogP contribution in [0.1, 0.15) is 45.6 Å². The van der Waals surface area contributed by atoms with E-state index < -0.39 is 45.8 Å². The lowest BCUT2D eigenvalue weighted by Gasteiger charge is -2.24. The summed E-state index contributed by atoms with van der Waals surface area (Å²) < 4.78 is 33.5. The van der Waals surface area contributed by atoms with Crippen LogP contribution < -0.4 is 26.6 Å². The summed E-state index contributed by atoms with van der Waals surface area (Å²) in [6.45, 7) is 6.38. The van der Waals surface area contributed by atoms with Crippen LogP contribution in [-0.2, 0) is 30.9 Å². The van der Waals surface area contributed by atoms with Crippen molar-refractivity contribution in [2.45, 2.75) is 64.4 Å². The summed E-state index contributed by atoms with van der Waals surface area (Å²) in [7, 11) is -4.00. The number of aromatic amines is 1. The summed E-state index contributed by atoms with van der Waals surface area (Å²) in [6, 6.07) is 4.78. The number of unbranched alkanes of at least 4 members (excludes halogenated alkanes) is 1. The zero-order valence-corrected chi connectivity index (χ0v) is 21.7. The van der Waals surface area contributed by atoms with E-state index in [9.17, 15) is 27.6 Å². The smallest absolute Gasteiger partial charge is 0.330 e. The lowest BCUT2D eigenvalue weighted by Crippen LogP contribution is -2.44. The van der Waals surface area contributed by atoms with Gasteiger partial charge < -0.3 is 15.4 Å². The second-order valence-corrected chi connectivity index (χ2v) is 10.0. The number of amides is 1. The number of aryl methyl sites for hydroxylation is 1. The van der Waals surface area contributed by atoms with Gasteiger partial charge in [0.05, 0.1) is 4.90 Å². The SMILES string of the molecule is CCCCN(C(=O)COC(=O)[C@H](C)NS(=O)(=O)c1ccc(C)cc1)c1c(N)n(CCC)c(=O)[nH]c1=O. The summed E-state index contributed by atoms with van der Waals surface area (Å²) >= 11 is 0. The van der Waals surface area contributed by atoms with Gasteiger partial charge in [0.2, 0.25) is 10.0 Å². The van der Waals surface area contributed by atoms with Crippen LogP contribution >= 0.6 is 0 Å². The Labute approximate surface area is 209 Å². The van der Waals surface area contributed by atoms with Crippen molar-refractivity contribution in [1.82, 2.24) is 14.3 Å². The molecule has 12 nitrogen and oxygen atoms in total. The maximum absolute atomic E-state index is 13.0. The number of H-pyrrole nitrogens is 1. The van der Waals surface area contributed by atoms with Crippen molar-refractivity contribution in [3.8, 4) is 0 Å². The third-order valence-electron chi connectivity index (χ3n) is 5.32. The lowest BCUT2D eigenvalue weighted by molar-refractivity contribution is -0.149. The van der Waals surface area contributed by atoms with Gasteiger partial charge in [-0.25, -0.2) is 13.2 Å². The number of sulfonamides is 1. The number of carbonyl (C=O) groups is 2. The van der Waals surface area contributed by atoms with Gasteiger partial charge in [0.1, 0.15) is 11.9 Å². The van der Waals surface area contributed by atoms with Crippen molar-refractivity contribution in [3.63, 3.8) is 0 Å². The van der Waals surface area contributed by atoms with Crippen LogP contribution in [0.2, 0.25) is 0 Å². The topological polar surface area (TPSA) is 174 Å². The van der Waals surface area contributed by atoms with E-state index in [0.29, 0.717) is 19.3 Å². The van der Waals surface area contributed by atoms with Gasteiger partial charge in [-0.1, -0.05) is 38.0 Å². The summed E-state index contributed by atoms with van der Waals surface area (Å²) in [5.41, 5.74) is 5.23. The van der Waals surface area contributed by atoms with Gasteiger partial charge in [0.25, 0.3) is 11.5 Å². The number of anilines is 2. The molecule has 0 bridgehead atoms. The van der Waals surface area contributed by atoms with Crippen molar-refractivity contribution >= 4 is 33.4 Å². The number of nitrogens with one attached hydrogen (secondary N) is 2. The van der Waals surface area contributed by atoms with Crippen molar-refractivity contribution in [2.24, 2.45) is 0 Å². The molecule has 0 saturated heterocycles. The average Bonchev–Trinajstić information content (AvgIpc) is 2.81. The average molecular weight is 524 g/mol. The standard InChI is InChI=1S/C23H33N5O7S/c1-5-7-13-27(19-20(24)28(12-6-2)23(32)25-21(19)30)18(29)14-35-22(31)16(4)26-36(33,34)17-10-8-15(3)9-11-17/h8-11,16,26H,5-7,12-14,24H2,1-4H3,(H,25,30,32)/t16-/m0/s1. The first-order valence-corrected chi connectivity index (χ1v) is 13.1. The van der Waals surface area contributed by atoms with E-state index >= 15 is 0 Å². The number of benzene rings is 1. The van der Waals surface area contributed by atoms with Crippen molar-refractivity contribution < 1.29 is 22.7 Å². The molecule has 2 aromatic rings. The number of hydrogen-bond donors (Lipinski definition) is 3. The molecule has 0 spiro atoms. The zero-order valence-electron chi connectivity index (χ0n) is 20.9. The highest BCUT2D eigenvalue weighted by atomic mass is 32.2. The fourth-order valence-corrected chi connectivity index (χ4v) is 4.56. The Morgan fingerprint density at radius 3 is 2.39 bits per heavy atom. The largest absolute Gasteiger partial charge is 0.454 e. The lowest BCUT2D eigenvalue weighted by atomic mass is 10.2. The molecule has 1 aromatic carbocycles. The Morgan fingerprint density at radius 2 is 1.81 bits per heavy atom. The van der Waals surface area contributed by atoms with E-state index in [2.05, 4.69) is 9.71 Å². The first-order chi connectivity index (χ1) is 16.9. The number of rotatable bonds is 12. The number of esters is 1. The summed E-state index contributed by atoms with van der Waals surface area (Å²) in [5, 5.41) is 0. The Balaban J connectivity index is 2.19. The molecule has 2 rings (SSSR count). The zero-order chi connectivity index (χ0) is 27.0. The van der Waals surface area contributed by atoms with Gasteiger partial charge in [0.15, 0.2) is 12.3 Å². The predicted octanol–water partition coefficient (Wildman–Crippen LogP) is 0.881. The van der Waals surface area contributed by atoms with Gasteiger partial charge in [-0.15, -0.1) is 0 Å². The number of aromatic nitrogens is 2. The monoisotopic (exact) mass is 523 g/mol. The summed E-state index contributed by atoms with van der Waals surface area (Å²) in [5.74, 6) is -1.89. The number of hydrogen-bond acceptors (Lipinski definition) is 8. The van der Waals surface area contributed by atoms with Crippen molar-refractivity contribution in [2.75, 3.05) is 23.8 Å². The molecule has 0 unspecified atom stereocenters. The molecule has 36 heavy (non-hydrogen) atoms. The van der Waals surface area contributed by atoms with E-state index in [-0.39, 0.29) is 29.5 Å². The number of nitrogens with zero attached hydrogens (tertiary/aromatic N) is 2. The summed E-state index contributed by atoms with van der Waals surface area (Å²) in [6.07, 6.45) is 1.76. The molecule has 198 valence electrons. The summed E-state index contributed by atoms with van der Waals surface area (Å²) in [4.78, 5) is 53.3. The fraction of sp³-hybridized carbons (Fsp3) is 0.478. The second-order valence-electron chi connectivity index (χ2n) is 8.31. The maximum atomic E-state index is 13.0. The number of ether oxygens (including phenoxy) is 1. The third kappa shape index (κ3) is 7.04. The van der Waals surface area contributed by atoms with Crippen molar-refractivity contribution in [3.05, 3.63) is 50.7 Å². The molecule has 0 aliphatic rings. The van der Waals surface area contributed by atoms with Gasteiger partial charge in [-0.3, -0.25) is 23.9 Å². The van der Waals surface area contributed by atoms with E-state index in [1.54, 1.807) is 12.1 Å². The molecule has 0 radical (unpaired) electrons. The van der Waals surface area contributed by atoms with Crippen LogP contribution in [0.3, 0.4) is 0 Å². The number of carbonyl (C=O) groups excluding carboxylic acids is 2. The molecule has 0 saturated carbocycles. The van der Waals surface area contributed by atoms with Gasteiger partial charge in [-0.05, 0) is 38.8 Å². The Bertz CT molecular complexity index is 1300. The molecular formula is C23H33N5O7S. The minimum absolute atomic E-state index is 0.0218. The van der Waals surface area contributed by atoms with E-state index in [4.69, 9.17) is 10.5 Å². The fourth-order valence-electron chi connectivity index (χ4n) is 3.36. The predicted molar refractivity (Wildman–Crippen MR) is 135 cm³/mol. The third-order valence-corrected chi connectivity index (χ3v) is 6.88. The molecular weight excluding hydrogens is 490 g/mol. The highest BCUT2D eigenvalue weighted by Gasteiger charge is 2.27. The Hall–Kier alpha value is -3.45. The second kappa shape index (κ2) is 12.5. The van der Waals surface area contributed by atoms with E-state index in [0.717, 1.165) is 15.0 Å². The van der Waals surface area contributed by atoms with Gasteiger partial charge in [0, 0.05) is 13.1 Å². The molecule has 0 aliphatic heterocycles. The number of nitrogen functional groups attached to an aromatic ring is 1. The molecule has 1 aromatic heterocycles. The van der Waals surface area contributed by atoms with Crippen LogP contribution in [0.4, 0.5) is 11.5 Å². The molecule has 13 heteroatoms. The van der Waals surface area contributed by atoms with Crippen LogP contribution in [0.5, 0.6) is 0 Å². The molecule has 1 amide bonds. The number of nitrogens with two attached hydrogens (primary N) is 1. The minimum atomic E-state index is -4.00. The molecule has 1 heterocycles. The minimum Gasteiger partial charge on any atom is -0.454 e. The first-order valence-electron chi connectivity index (χ1n) is 11.6. The van der Waals surface area contributed by atoms with Gasteiger partial charge >= 0.3 is 11.7 Å². The molecule has 0 aliphatic carbocycles. The van der Waals surface area contributed by atoms with Crippen molar-refractivity contribution in [1.29, 1.82) is 0 Å².